The molecule has 4 N–H and O–H groups in total. The van der Waals surface area contributed by atoms with Crippen LogP contribution in [0.4, 0.5) is 16.4 Å². The van der Waals surface area contributed by atoms with E-state index in [4.69, 9.17) is 10.3 Å². The Morgan fingerprint density at radius 1 is 1.42 bits per heavy atom. The van der Waals surface area contributed by atoms with E-state index in [1.165, 1.54) is 0 Å². The molecule has 108 valence electrons. The fourth-order valence-corrected chi connectivity index (χ4v) is 1.74. The van der Waals surface area contributed by atoms with Gasteiger partial charge in [0.2, 0.25) is 5.88 Å². The number of carbonyl (C=O) groups excluding carboxylic acids is 1. The molecule has 0 atom stereocenters. The molecule has 0 aliphatic carbocycles. The van der Waals surface area contributed by atoms with Gasteiger partial charge >= 0.3 is 6.03 Å². The first-order valence-electron chi connectivity index (χ1n) is 6.57. The first-order chi connectivity index (χ1) is 9.08. The van der Waals surface area contributed by atoms with Crippen molar-refractivity contribution in [1.82, 2.24) is 15.4 Å². The maximum Gasteiger partial charge on any atom is 0.319 e. The van der Waals surface area contributed by atoms with Gasteiger partial charge in [-0.3, -0.25) is 0 Å². The van der Waals surface area contributed by atoms with Gasteiger partial charge in [0.05, 0.1) is 0 Å². The molecule has 1 heterocycles. The van der Waals surface area contributed by atoms with Crippen molar-refractivity contribution in [2.75, 3.05) is 37.2 Å². The molecule has 0 unspecified atom stereocenters. The van der Waals surface area contributed by atoms with E-state index in [9.17, 15) is 4.79 Å². The summed E-state index contributed by atoms with van der Waals surface area (Å²) in [6, 6.07) is -0.294. The molecule has 1 aromatic heterocycles. The normalized spacial score (nSPS) is 10.7. The van der Waals surface area contributed by atoms with Crippen LogP contribution in [0.2, 0.25) is 0 Å². The van der Waals surface area contributed by atoms with Gasteiger partial charge < -0.3 is 25.8 Å². The van der Waals surface area contributed by atoms with Crippen LogP contribution in [0.15, 0.2) is 4.52 Å². The van der Waals surface area contributed by atoms with Crippen LogP contribution in [-0.2, 0) is 0 Å². The smallest absolute Gasteiger partial charge is 0.319 e. The number of anilines is 2. The highest BCUT2D eigenvalue weighted by Gasteiger charge is 2.12. The van der Waals surface area contributed by atoms with Crippen molar-refractivity contribution in [3.63, 3.8) is 0 Å². The number of aryl methyl sites for hydroxylation is 1. The second kappa shape index (κ2) is 7.63. The maximum absolute atomic E-state index is 11.6. The Balaban J connectivity index is 2.25. The molecule has 2 amide bonds. The van der Waals surface area contributed by atoms with Gasteiger partial charge in [-0.05, 0) is 33.0 Å². The summed E-state index contributed by atoms with van der Waals surface area (Å²) in [7, 11) is 0. The van der Waals surface area contributed by atoms with Gasteiger partial charge in [-0.25, -0.2) is 4.79 Å². The highest BCUT2D eigenvalue weighted by atomic mass is 16.5. The summed E-state index contributed by atoms with van der Waals surface area (Å²) in [6.07, 6.45) is 0.910. The average molecular weight is 269 g/mol. The summed E-state index contributed by atoms with van der Waals surface area (Å²) in [5.74, 6) is 0.121. The predicted octanol–water partition coefficient (Wildman–Crippen LogP) is 1.42. The van der Waals surface area contributed by atoms with E-state index in [1.807, 2.05) is 0 Å². The third-order valence-electron chi connectivity index (χ3n) is 2.96. The first-order valence-corrected chi connectivity index (χ1v) is 6.57. The Morgan fingerprint density at radius 3 is 2.63 bits per heavy atom. The van der Waals surface area contributed by atoms with Crippen LogP contribution in [0.25, 0.3) is 0 Å². The fourth-order valence-electron chi connectivity index (χ4n) is 1.74. The number of nitrogen functional groups attached to an aromatic ring is 1. The zero-order valence-corrected chi connectivity index (χ0v) is 11.8. The van der Waals surface area contributed by atoms with Crippen LogP contribution in [0, 0.1) is 6.92 Å². The highest BCUT2D eigenvalue weighted by Crippen LogP contribution is 2.21. The van der Waals surface area contributed by atoms with Crippen molar-refractivity contribution in [1.29, 1.82) is 0 Å². The number of carbonyl (C=O) groups is 1. The molecule has 7 heteroatoms. The molecule has 1 aromatic rings. The minimum Gasteiger partial charge on any atom is -0.366 e. The molecular formula is C12H23N5O2. The lowest BCUT2D eigenvalue weighted by atomic mass is 10.3. The van der Waals surface area contributed by atoms with Crippen LogP contribution in [-0.4, -0.2) is 42.3 Å². The number of rotatable bonds is 7. The number of urea groups is 1. The molecule has 7 nitrogen and oxygen atoms in total. The minimum atomic E-state index is -0.294. The van der Waals surface area contributed by atoms with E-state index in [2.05, 4.69) is 34.5 Å². The van der Waals surface area contributed by atoms with Crippen LogP contribution in [0.3, 0.4) is 0 Å². The van der Waals surface area contributed by atoms with Gasteiger partial charge in [-0.2, -0.15) is 0 Å². The van der Waals surface area contributed by atoms with Crippen molar-refractivity contribution in [3.05, 3.63) is 5.69 Å². The molecule has 0 aliphatic heterocycles. The molecule has 0 bridgehead atoms. The van der Waals surface area contributed by atoms with E-state index < -0.39 is 0 Å². The molecule has 19 heavy (non-hydrogen) atoms. The monoisotopic (exact) mass is 269 g/mol. The quantitative estimate of drug-likeness (QED) is 0.650. The van der Waals surface area contributed by atoms with Gasteiger partial charge in [0, 0.05) is 6.54 Å². The van der Waals surface area contributed by atoms with Crippen molar-refractivity contribution in [2.45, 2.75) is 27.2 Å². The largest absolute Gasteiger partial charge is 0.366 e. The Bertz CT molecular complexity index is 381. The standard InChI is InChI=1S/C12H23N5O2/c1-4-17(5-2)8-6-7-14-12(18)15-10-9(3)16-19-11(10)13/h4-8,13H2,1-3H3,(H2,14,15,18). The molecule has 0 radical (unpaired) electrons. The molecule has 0 spiro atoms. The van der Waals surface area contributed by atoms with Gasteiger partial charge in [0.1, 0.15) is 11.4 Å². The summed E-state index contributed by atoms with van der Waals surface area (Å²) >= 11 is 0. The second-order valence-corrected chi connectivity index (χ2v) is 4.27. The molecule has 0 saturated heterocycles. The maximum atomic E-state index is 11.6. The third kappa shape index (κ3) is 4.78. The van der Waals surface area contributed by atoms with Gasteiger partial charge in [-0.1, -0.05) is 19.0 Å². The lowest BCUT2D eigenvalue weighted by Crippen LogP contribution is -2.32. The molecular weight excluding hydrogens is 246 g/mol. The Kier molecular flexibility index (Phi) is 6.14. The lowest BCUT2D eigenvalue weighted by molar-refractivity contribution is 0.250. The second-order valence-electron chi connectivity index (χ2n) is 4.27. The predicted molar refractivity (Wildman–Crippen MR) is 75.1 cm³/mol. The first kappa shape index (κ1) is 15.3. The van der Waals surface area contributed by atoms with Gasteiger partial charge in [0.15, 0.2) is 0 Å². The molecule has 0 aliphatic rings. The molecule has 0 saturated carbocycles. The van der Waals surface area contributed by atoms with Crippen molar-refractivity contribution in [3.8, 4) is 0 Å². The number of nitrogens with zero attached hydrogens (tertiary/aromatic N) is 2. The SMILES string of the molecule is CCN(CC)CCCNC(=O)Nc1c(C)noc1N. The summed E-state index contributed by atoms with van der Waals surface area (Å²) in [4.78, 5) is 13.9. The van der Waals surface area contributed by atoms with Gasteiger partial charge in [0.25, 0.3) is 0 Å². The lowest BCUT2D eigenvalue weighted by Gasteiger charge is -2.17. The topological polar surface area (TPSA) is 96.4 Å². The Hall–Kier alpha value is -1.76. The zero-order chi connectivity index (χ0) is 14.3. The number of hydrogen-bond donors (Lipinski definition) is 3. The summed E-state index contributed by atoms with van der Waals surface area (Å²) in [5, 5.41) is 9.07. The van der Waals surface area contributed by atoms with Crippen molar-refractivity contribution in [2.24, 2.45) is 0 Å². The van der Waals surface area contributed by atoms with Crippen LogP contribution in [0.1, 0.15) is 26.0 Å². The van der Waals surface area contributed by atoms with E-state index >= 15 is 0 Å². The van der Waals surface area contributed by atoms with E-state index in [-0.39, 0.29) is 11.9 Å². The molecule has 0 aromatic carbocycles. The van der Waals surface area contributed by atoms with Crippen molar-refractivity contribution >= 4 is 17.6 Å². The van der Waals surface area contributed by atoms with Gasteiger partial charge in [-0.15, -0.1) is 0 Å². The van der Waals surface area contributed by atoms with Crippen LogP contribution < -0.4 is 16.4 Å². The van der Waals surface area contributed by atoms with Crippen molar-refractivity contribution < 1.29 is 9.32 Å². The number of aromatic nitrogens is 1. The summed E-state index contributed by atoms with van der Waals surface area (Å²) in [5.41, 5.74) is 6.54. The van der Waals surface area contributed by atoms with Crippen LogP contribution >= 0.6 is 0 Å². The number of nitrogens with one attached hydrogen (secondary N) is 2. The third-order valence-corrected chi connectivity index (χ3v) is 2.96. The average Bonchev–Trinajstić information content (AvgIpc) is 2.71. The summed E-state index contributed by atoms with van der Waals surface area (Å²) < 4.78 is 4.76. The van der Waals surface area contributed by atoms with E-state index in [0.29, 0.717) is 17.9 Å². The number of nitrogens with two attached hydrogens (primary N) is 1. The van der Waals surface area contributed by atoms with E-state index in [0.717, 1.165) is 26.1 Å². The molecule has 0 fully saturated rings. The molecule has 1 rings (SSSR count). The highest BCUT2D eigenvalue weighted by molar-refractivity contribution is 5.92. The minimum absolute atomic E-state index is 0.121. The van der Waals surface area contributed by atoms with Crippen LogP contribution in [0.5, 0.6) is 0 Å². The Morgan fingerprint density at radius 2 is 2.11 bits per heavy atom. The summed E-state index contributed by atoms with van der Waals surface area (Å²) in [6.45, 7) is 9.62. The number of hydrogen-bond acceptors (Lipinski definition) is 5. The van der Waals surface area contributed by atoms with E-state index in [1.54, 1.807) is 6.92 Å². The Labute approximate surface area is 113 Å². The number of amides is 2. The zero-order valence-electron chi connectivity index (χ0n) is 11.8. The fraction of sp³-hybridized carbons (Fsp3) is 0.667.